The average Bonchev–Trinajstić information content (AvgIpc) is 2.90. The Labute approximate surface area is 146 Å². The number of methoxy groups -OCH3 is 1. The van der Waals surface area contributed by atoms with E-state index in [9.17, 15) is 18.0 Å². The van der Waals surface area contributed by atoms with Crippen molar-refractivity contribution in [2.45, 2.75) is 25.1 Å². The molecule has 1 unspecified atom stereocenters. The van der Waals surface area contributed by atoms with Crippen LogP contribution in [0.1, 0.15) is 24.5 Å². The van der Waals surface area contributed by atoms with E-state index >= 15 is 0 Å². The first kappa shape index (κ1) is 17.7. The SMILES string of the molecule is COC(=O)CC(C)(N)c1ccc2sc3ccc(C(F)(F)F)cc3c2c1. The normalized spacial score (nSPS) is 14.6. The molecule has 0 aliphatic carbocycles. The zero-order chi connectivity index (χ0) is 18.4. The van der Waals surface area contributed by atoms with Gasteiger partial charge in [0.15, 0.2) is 0 Å². The minimum absolute atomic E-state index is 0.0229. The number of nitrogens with two attached hydrogens (primary N) is 1. The lowest BCUT2D eigenvalue weighted by Gasteiger charge is -2.24. The van der Waals surface area contributed by atoms with E-state index in [1.165, 1.54) is 24.5 Å². The molecule has 0 saturated carbocycles. The van der Waals surface area contributed by atoms with Crippen molar-refractivity contribution in [2.75, 3.05) is 7.11 Å². The van der Waals surface area contributed by atoms with Crippen molar-refractivity contribution in [3.05, 3.63) is 47.5 Å². The first-order chi connectivity index (χ1) is 11.6. The summed E-state index contributed by atoms with van der Waals surface area (Å²) in [5, 5.41) is 1.23. The maximum absolute atomic E-state index is 13.0. The standard InChI is InChI=1S/C18H16F3NO2S/c1-17(22,9-16(23)24-2)10-3-5-14-12(7-10)13-8-11(18(19,20)21)4-6-15(13)25-14/h3-8H,9,22H2,1-2H3. The maximum atomic E-state index is 13.0. The lowest BCUT2D eigenvalue weighted by Crippen LogP contribution is -2.35. The third-order valence-corrected chi connectivity index (χ3v) is 5.35. The molecule has 0 fully saturated rings. The number of rotatable bonds is 3. The van der Waals surface area contributed by atoms with E-state index in [-0.39, 0.29) is 6.42 Å². The molecule has 2 aromatic carbocycles. The molecule has 2 N–H and O–H groups in total. The van der Waals surface area contributed by atoms with Crippen molar-refractivity contribution in [1.82, 2.24) is 0 Å². The van der Waals surface area contributed by atoms with Gasteiger partial charge in [0.1, 0.15) is 0 Å². The lowest BCUT2D eigenvalue weighted by atomic mass is 9.89. The highest BCUT2D eigenvalue weighted by atomic mass is 32.1. The van der Waals surface area contributed by atoms with Crippen molar-refractivity contribution in [1.29, 1.82) is 0 Å². The van der Waals surface area contributed by atoms with Crippen molar-refractivity contribution in [2.24, 2.45) is 5.73 Å². The molecule has 1 atom stereocenters. The van der Waals surface area contributed by atoms with Gasteiger partial charge in [-0.15, -0.1) is 11.3 Å². The Balaban J connectivity index is 2.15. The topological polar surface area (TPSA) is 52.3 Å². The fourth-order valence-corrected chi connectivity index (χ4v) is 3.85. The largest absolute Gasteiger partial charge is 0.469 e. The summed E-state index contributed by atoms with van der Waals surface area (Å²) in [6.45, 7) is 1.70. The van der Waals surface area contributed by atoms with Gasteiger partial charge >= 0.3 is 12.1 Å². The second-order valence-electron chi connectivity index (χ2n) is 6.19. The molecule has 0 amide bonds. The van der Waals surface area contributed by atoms with E-state index < -0.39 is 23.2 Å². The zero-order valence-electron chi connectivity index (χ0n) is 13.6. The molecule has 25 heavy (non-hydrogen) atoms. The molecular formula is C18H16F3NO2S. The molecule has 1 heterocycles. The highest BCUT2D eigenvalue weighted by Crippen LogP contribution is 2.39. The summed E-state index contributed by atoms with van der Waals surface area (Å²) in [6.07, 6.45) is -4.42. The third kappa shape index (κ3) is 3.34. The average molecular weight is 367 g/mol. The van der Waals surface area contributed by atoms with Gasteiger partial charge in [0.05, 0.1) is 19.1 Å². The van der Waals surface area contributed by atoms with Gasteiger partial charge in [-0.25, -0.2) is 0 Å². The zero-order valence-corrected chi connectivity index (χ0v) is 14.4. The molecule has 0 aliphatic rings. The first-order valence-electron chi connectivity index (χ1n) is 7.51. The first-order valence-corrected chi connectivity index (χ1v) is 8.33. The Morgan fingerprint density at radius 2 is 1.60 bits per heavy atom. The van der Waals surface area contributed by atoms with Gasteiger partial charge in [0, 0.05) is 25.7 Å². The van der Waals surface area contributed by atoms with Crippen LogP contribution in [0.25, 0.3) is 20.2 Å². The van der Waals surface area contributed by atoms with Gasteiger partial charge in [0.25, 0.3) is 0 Å². The Kier molecular flexibility index (Phi) is 4.25. The van der Waals surface area contributed by atoms with Gasteiger partial charge in [-0.05, 0) is 42.8 Å². The highest BCUT2D eigenvalue weighted by Gasteiger charge is 2.31. The van der Waals surface area contributed by atoms with Crippen LogP contribution in [0.5, 0.6) is 0 Å². The summed E-state index contributed by atoms with van der Waals surface area (Å²) in [7, 11) is 1.28. The van der Waals surface area contributed by atoms with Crippen LogP contribution in [0.15, 0.2) is 36.4 Å². The van der Waals surface area contributed by atoms with Gasteiger partial charge in [-0.1, -0.05) is 6.07 Å². The fraction of sp³-hybridized carbons (Fsp3) is 0.278. The number of fused-ring (bicyclic) bond motifs is 3. The van der Waals surface area contributed by atoms with E-state index in [1.54, 1.807) is 19.1 Å². The Bertz CT molecular complexity index is 960. The van der Waals surface area contributed by atoms with Crippen LogP contribution in [0.4, 0.5) is 13.2 Å². The summed E-state index contributed by atoms with van der Waals surface area (Å²) < 4.78 is 45.3. The van der Waals surface area contributed by atoms with Crippen LogP contribution in [0.2, 0.25) is 0 Å². The lowest BCUT2D eigenvalue weighted by molar-refractivity contribution is -0.142. The van der Waals surface area contributed by atoms with Crippen LogP contribution in [0, 0.1) is 0 Å². The molecule has 3 rings (SSSR count). The van der Waals surface area contributed by atoms with Gasteiger partial charge in [0.2, 0.25) is 0 Å². The summed E-state index contributed by atoms with van der Waals surface area (Å²) >= 11 is 1.42. The molecule has 132 valence electrons. The van der Waals surface area contributed by atoms with E-state index in [0.29, 0.717) is 16.3 Å². The smallest absolute Gasteiger partial charge is 0.416 e. The second kappa shape index (κ2) is 6.00. The molecule has 7 heteroatoms. The van der Waals surface area contributed by atoms with E-state index in [0.717, 1.165) is 21.5 Å². The van der Waals surface area contributed by atoms with E-state index in [1.807, 2.05) is 6.07 Å². The van der Waals surface area contributed by atoms with Crippen molar-refractivity contribution < 1.29 is 22.7 Å². The molecule has 0 bridgehead atoms. The van der Waals surface area contributed by atoms with Crippen molar-refractivity contribution in [3.63, 3.8) is 0 Å². The Morgan fingerprint density at radius 1 is 1.08 bits per heavy atom. The molecular weight excluding hydrogens is 351 g/mol. The third-order valence-electron chi connectivity index (χ3n) is 4.20. The number of ether oxygens (including phenoxy) is 1. The van der Waals surface area contributed by atoms with Gasteiger partial charge in [-0.3, -0.25) is 4.79 Å². The minimum atomic E-state index is -4.40. The number of alkyl halides is 3. The molecule has 0 spiro atoms. The van der Waals surface area contributed by atoms with Crippen LogP contribution >= 0.6 is 11.3 Å². The number of hydrogen-bond donors (Lipinski definition) is 1. The number of thiophene rings is 1. The number of carbonyl (C=O) groups excluding carboxylic acids is 1. The van der Waals surface area contributed by atoms with Crippen molar-refractivity contribution >= 4 is 37.5 Å². The number of carbonyl (C=O) groups is 1. The molecule has 0 radical (unpaired) electrons. The molecule has 3 aromatic rings. The van der Waals surface area contributed by atoms with Crippen LogP contribution < -0.4 is 5.73 Å². The maximum Gasteiger partial charge on any atom is 0.416 e. The highest BCUT2D eigenvalue weighted by molar-refractivity contribution is 7.25. The molecule has 1 aromatic heterocycles. The summed E-state index contributed by atoms with van der Waals surface area (Å²) in [6, 6.07) is 9.11. The number of esters is 1. The molecule has 0 saturated heterocycles. The Hall–Kier alpha value is -2.12. The minimum Gasteiger partial charge on any atom is -0.469 e. The number of benzene rings is 2. The predicted octanol–water partition coefficient (Wildman–Crippen LogP) is 4.81. The summed E-state index contributed by atoms with van der Waals surface area (Å²) in [5.41, 5.74) is 5.25. The molecule has 3 nitrogen and oxygen atoms in total. The number of halogens is 3. The predicted molar refractivity (Wildman–Crippen MR) is 92.5 cm³/mol. The Morgan fingerprint density at radius 3 is 2.12 bits per heavy atom. The number of hydrogen-bond acceptors (Lipinski definition) is 4. The van der Waals surface area contributed by atoms with Gasteiger partial charge < -0.3 is 10.5 Å². The van der Waals surface area contributed by atoms with Crippen molar-refractivity contribution in [3.8, 4) is 0 Å². The summed E-state index contributed by atoms with van der Waals surface area (Å²) in [5.74, 6) is -0.445. The second-order valence-corrected chi connectivity index (χ2v) is 7.28. The van der Waals surface area contributed by atoms with E-state index in [4.69, 9.17) is 5.73 Å². The van der Waals surface area contributed by atoms with E-state index in [2.05, 4.69) is 4.74 Å². The monoisotopic (exact) mass is 367 g/mol. The summed E-state index contributed by atoms with van der Waals surface area (Å²) in [4.78, 5) is 11.6. The van der Waals surface area contributed by atoms with Crippen LogP contribution in [0.3, 0.4) is 0 Å². The van der Waals surface area contributed by atoms with Gasteiger partial charge in [-0.2, -0.15) is 13.2 Å². The fourth-order valence-electron chi connectivity index (χ4n) is 2.78. The van der Waals surface area contributed by atoms with Crippen LogP contribution in [-0.4, -0.2) is 13.1 Å². The molecule has 0 aliphatic heterocycles. The van der Waals surface area contributed by atoms with Crippen LogP contribution in [-0.2, 0) is 21.2 Å². The quantitative estimate of drug-likeness (QED) is 0.676.